The van der Waals surface area contributed by atoms with Gasteiger partial charge in [-0.25, -0.2) is 22.2 Å². The minimum Gasteiger partial charge on any atom is -0.494 e. The Morgan fingerprint density at radius 1 is 1.56 bits per heavy atom. The number of hydrogen-bond donors (Lipinski definition) is 0. The number of rotatable bonds is 3. The van der Waals surface area contributed by atoms with Gasteiger partial charge in [0.05, 0.1) is 7.11 Å². The Balaban J connectivity index is 3.53. The number of nitrogens with zero attached hydrogens (tertiary/aromatic N) is 1. The number of pyridine rings is 1. The van der Waals surface area contributed by atoms with Gasteiger partial charge in [-0.15, -0.1) is 0 Å². The van der Waals surface area contributed by atoms with Crippen molar-refractivity contribution in [3.05, 3.63) is 15.3 Å². The predicted molar refractivity (Wildman–Crippen MR) is 61.5 cm³/mol. The first kappa shape index (κ1) is 13.8. The molecule has 0 aromatic carbocycles. The topological polar surface area (TPSA) is 56.3 Å². The van der Waals surface area contributed by atoms with Gasteiger partial charge >= 0.3 is 0 Å². The fraction of sp³-hybridized carbons (Fsp3) is 0.286. The Kier molecular flexibility index (Phi) is 4.29. The smallest absolute Gasteiger partial charge is 0.282 e. The van der Waals surface area contributed by atoms with Crippen LogP contribution in [0.4, 0.5) is 8.78 Å². The first-order valence-corrected chi connectivity index (χ1v) is 7.13. The summed E-state index contributed by atoms with van der Waals surface area (Å²) in [6, 6.07) is 1.14. The molecule has 16 heavy (non-hydrogen) atoms. The summed E-state index contributed by atoms with van der Waals surface area (Å²) in [5.74, 6) is -0.163. The molecular formula is C7H5ClF2INO3S. The maximum Gasteiger partial charge on any atom is 0.282 e. The van der Waals surface area contributed by atoms with Gasteiger partial charge in [0, 0.05) is 14.3 Å². The lowest BCUT2D eigenvalue weighted by molar-refractivity contribution is 0.144. The number of aromatic nitrogens is 1. The molecule has 1 heterocycles. The molecule has 0 N–H and O–H groups in total. The third-order valence-electron chi connectivity index (χ3n) is 1.59. The van der Waals surface area contributed by atoms with Crippen LogP contribution in [0.15, 0.2) is 11.1 Å². The van der Waals surface area contributed by atoms with Crippen LogP contribution < -0.4 is 4.74 Å². The van der Waals surface area contributed by atoms with E-state index in [-0.39, 0.29) is 9.32 Å². The monoisotopic (exact) mass is 383 g/mol. The first-order valence-electron chi connectivity index (χ1n) is 3.74. The molecule has 0 atom stereocenters. The zero-order chi connectivity index (χ0) is 12.5. The van der Waals surface area contributed by atoms with Gasteiger partial charge in [-0.1, -0.05) is 0 Å². The normalized spacial score (nSPS) is 11.9. The van der Waals surface area contributed by atoms with E-state index in [0.29, 0.717) is 0 Å². The van der Waals surface area contributed by atoms with Crippen molar-refractivity contribution in [2.45, 2.75) is 11.5 Å². The van der Waals surface area contributed by atoms with E-state index in [1.165, 1.54) is 7.11 Å². The summed E-state index contributed by atoms with van der Waals surface area (Å²) in [6.45, 7) is 0. The quantitative estimate of drug-likeness (QED) is 0.595. The molecule has 1 aromatic heterocycles. The van der Waals surface area contributed by atoms with E-state index in [4.69, 9.17) is 15.4 Å². The minimum atomic E-state index is -4.22. The van der Waals surface area contributed by atoms with Crippen molar-refractivity contribution in [2.75, 3.05) is 7.11 Å². The molecule has 0 fully saturated rings. The summed E-state index contributed by atoms with van der Waals surface area (Å²) in [5.41, 5.74) is -0.638. The van der Waals surface area contributed by atoms with Crippen LogP contribution in [0.3, 0.4) is 0 Å². The molecule has 1 rings (SSSR count). The molecule has 0 saturated carbocycles. The summed E-state index contributed by atoms with van der Waals surface area (Å²) >= 11 is 1.61. The van der Waals surface area contributed by atoms with E-state index in [2.05, 4.69) is 4.98 Å². The first-order chi connectivity index (χ1) is 7.27. The van der Waals surface area contributed by atoms with Gasteiger partial charge in [0.15, 0.2) is 5.75 Å². The van der Waals surface area contributed by atoms with Crippen molar-refractivity contribution >= 4 is 42.3 Å². The summed E-state index contributed by atoms with van der Waals surface area (Å²) in [7, 11) is 2.03. The van der Waals surface area contributed by atoms with Crippen LogP contribution in [0, 0.1) is 3.57 Å². The zero-order valence-corrected chi connectivity index (χ0v) is 11.5. The summed E-state index contributed by atoms with van der Waals surface area (Å²) in [5, 5.41) is -0.701. The summed E-state index contributed by atoms with van der Waals surface area (Å²) in [6.07, 6.45) is -2.88. The zero-order valence-electron chi connectivity index (χ0n) is 7.75. The molecule has 0 spiro atoms. The maximum absolute atomic E-state index is 12.5. The lowest BCUT2D eigenvalue weighted by Crippen LogP contribution is -2.05. The standard InChI is InChI=1S/C7H5ClF2INO3S/c1-15-4-2-3(11)5(6(9)10)12-7(4)16(8,13)14/h2,6H,1H3. The van der Waals surface area contributed by atoms with Crippen LogP contribution in [-0.2, 0) is 9.05 Å². The van der Waals surface area contributed by atoms with Crippen LogP contribution in [-0.4, -0.2) is 20.5 Å². The lowest BCUT2D eigenvalue weighted by Gasteiger charge is -2.08. The molecule has 0 unspecified atom stereocenters. The van der Waals surface area contributed by atoms with Crippen molar-refractivity contribution < 1.29 is 21.9 Å². The highest BCUT2D eigenvalue weighted by molar-refractivity contribution is 14.1. The lowest BCUT2D eigenvalue weighted by atomic mass is 10.3. The fourth-order valence-electron chi connectivity index (χ4n) is 0.943. The van der Waals surface area contributed by atoms with Crippen molar-refractivity contribution in [2.24, 2.45) is 0 Å². The van der Waals surface area contributed by atoms with Gasteiger partial charge in [0.1, 0.15) is 5.69 Å². The van der Waals surface area contributed by atoms with Gasteiger partial charge in [0.2, 0.25) is 5.03 Å². The van der Waals surface area contributed by atoms with E-state index in [9.17, 15) is 17.2 Å². The summed E-state index contributed by atoms with van der Waals surface area (Å²) < 4.78 is 51.9. The molecule has 0 saturated heterocycles. The number of alkyl halides is 2. The molecule has 4 nitrogen and oxygen atoms in total. The molecule has 0 amide bonds. The van der Waals surface area contributed by atoms with E-state index in [1.54, 1.807) is 22.6 Å². The third-order valence-corrected chi connectivity index (χ3v) is 3.65. The molecule has 90 valence electrons. The average molecular weight is 384 g/mol. The van der Waals surface area contributed by atoms with Gasteiger partial charge in [-0.2, -0.15) is 0 Å². The predicted octanol–water partition coefficient (Wildman–Crippen LogP) is 2.56. The SMILES string of the molecule is COc1cc(I)c(C(F)F)nc1S(=O)(=O)Cl. The van der Waals surface area contributed by atoms with Crippen LogP contribution in [0.5, 0.6) is 5.75 Å². The second kappa shape index (κ2) is 4.96. The summed E-state index contributed by atoms with van der Waals surface area (Å²) in [4.78, 5) is 3.31. The van der Waals surface area contributed by atoms with Crippen molar-refractivity contribution in [3.63, 3.8) is 0 Å². The Bertz CT molecular complexity index is 509. The highest BCUT2D eigenvalue weighted by Crippen LogP contribution is 2.31. The van der Waals surface area contributed by atoms with E-state index in [1.807, 2.05) is 0 Å². The molecule has 0 aliphatic heterocycles. The molecule has 0 aliphatic carbocycles. The minimum absolute atomic E-state index is 0.105. The Hall–Kier alpha value is -0.220. The van der Waals surface area contributed by atoms with E-state index in [0.717, 1.165) is 6.07 Å². The van der Waals surface area contributed by atoms with Crippen molar-refractivity contribution in [1.82, 2.24) is 4.98 Å². The molecule has 0 radical (unpaired) electrons. The molecule has 1 aromatic rings. The van der Waals surface area contributed by atoms with Gasteiger partial charge in [0.25, 0.3) is 15.5 Å². The average Bonchev–Trinajstić information content (AvgIpc) is 2.14. The van der Waals surface area contributed by atoms with Crippen molar-refractivity contribution in [3.8, 4) is 5.75 Å². The maximum atomic E-state index is 12.5. The highest BCUT2D eigenvalue weighted by Gasteiger charge is 2.24. The highest BCUT2D eigenvalue weighted by atomic mass is 127. The Morgan fingerprint density at radius 3 is 2.50 bits per heavy atom. The van der Waals surface area contributed by atoms with E-state index < -0.39 is 26.2 Å². The molecular weight excluding hydrogens is 379 g/mol. The third kappa shape index (κ3) is 2.92. The number of ether oxygens (including phenoxy) is 1. The Labute approximate surface area is 109 Å². The second-order valence-corrected chi connectivity index (χ2v) is 6.24. The van der Waals surface area contributed by atoms with Gasteiger partial charge < -0.3 is 4.74 Å². The van der Waals surface area contributed by atoms with Crippen LogP contribution in [0.25, 0.3) is 0 Å². The number of halogens is 4. The molecule has 0 bridgehead atoms. The van der Waals surface area contributed by atoms with Crippen LogP contribution >= 0.6 is 33.3 Å². The largest absolute Gasteiger partial charge is 0.494 e. The van der Waals surface area contributed by atoms with Gasteiger partial charge in [-0.3, -0.25) is 0 Å². The van der Waals surface area contributed by atoms with Crippen LogP contribution in [0.1, 0.15) is 12.1 Å². The van der Waals surface area contributed by atoms with Gasteiger partial charge in [-0.05, 0) is 28.7 Å². The van der Waals surface area contributed by atoms with Crippen LogP contribution in [0.2, 0.25) is 0 Å². The number of hydrogen-bond acceptors (Lipinski definition) is 4. The Morgan fingerprint density at radius 2 is 2.12 bits per heavy atom. The van der Waals surface area contributed by atoms with E-state index >= 15 is 0 Å². The number of methoxy groups -OCH3 is 1. The molecule has 9 heteroatoms. The fourth-order valence-corrected chi connectivity index (χ4v) is 2.50. The van der Waals surface area contributed by atoms with Crippen molar-refractivity contribution in [1.29, 1.82) is 0 Å². The second-order valence-electron chi connectivity index (χ2n) is 2.60. The molecule has 0 aliphatic rings.